The summed E-state index contributed by atoms with van der Waals surface area (Å²) >= 11 is 0. The summed E-state index contributed by atoms with van der Waals surface area (Å²) in [5, 5.41) is 11.6. The summed E-state index contributed by atoms with van der Waals surface area (Å²) in [7, 11) is -2.81. The number of rotatable bonds is 4. The summed E-state index contributed by atoms with van der Waals surface area (Å²) in [5.41, 5.74) is -0.665. The van der Waals surface area contributed by atoms with Crippen LogP contribution in [0.25, 0.3) is 21.8 Å². The maximum absolute atomic E-state index is 12.2. The van der Waals surface area contributed by atoms with Crippen LogP contribution in [0.15, 0.2) is 125 Å². The Morgan fingerprint density at radius 2 is 1.12 bits per heavy atom. The minimum absolute atomic E-state index is 0.0492. The fourth-order valence-electron chi connectivity index (χ4n) is 5.05. The van der Waals surface area contributed by atoms with Gasteiger partial charge in [-0.3, -0.25) is 9.97 Å². The van der Waals surface area contributed by atoms with Crippen molar-refractivity contribution < 1.29 is 18.4 Å². The fraction of sp³-hybridized carbons (Fsp3) is 0.125. The van der Waals surface area contributed by atoms with Crippen molar-refractivity contribution in [2.24, 2.45) is 0 Å². The molecule has 2 heterocycles. The van der Waals surface area contributed by atoms with E-state index in [1.807, 2.05) is 36.4 Å². The first-order valence-electron chi connectivity index (χ1n) is 13.3. The standard InChI is InChI=1S/C24H23NO4Si.C8H5NO4/c1-24(2,3)30(18-10-6-4-7-11-18,19-12-8-5-9-13-19)29-17-14-15-21-20(16-17)22(26)28-23(27)25-21;10-4-1-2-6-5(3-4)7(11)13-8(12)9-6/h4-16H,1-3H3,(H,25,27);1-3,10H,(H,9,12). The molecule has 11 heteroatoms. The van der Waals surface area contributed by atoms with E-state index in [1.165, 1.54) is 18.2 Å². The molecule has 4 aromatic carbocycles. The third-order valence-corrected chi connectivity index (χ3v) is 11.9. The number of fused-ring (bicyclic) bond motifs is 2. The van der Waals surface area contributed by atoms with E-state index in [1.54, 1.807) is 18.2 Å². The highest BCUT2D eigenvalue weighted by Gasteiger charge is 2.52. The average molecular weight is 597 g/mol. The van der Waals surface area contributed by atoms with E-state index in [0.29, 0.717) is 16.8 Å². The van der Waals surface area contributed by atoms with E-state index in [-0.39, 0.29) is 21.6 Å². The predicted molar refractivity (Wildman–Crippen MR) is 166 cm³/mol. The van der Waals surface area contributed by atoms with Crippen molar-refractivity contribution in [2.45, 2.75) is 25.8 Å². The van der Waals surface area contributed by atoms with Crippen LogP contribution in [-0.4, -0.2) is 23.4 Å². The van der Waals surface area contributed by atoms with Crippen LogP contribution >= 0.6 is 0 Å². The summed E-state index contributed by atoms with van der Waals surface area (Å²) in [5.74, 6) is -1.06. The van der Waals surface area contributed by atoms with Gasteiger partial charge < -0.3 is 18.4 Å². The van der Waals surface area contributed by atoms with Crippen LogP contribution in [0.1, 0.15) is 20.8 Å². The van der Waals surface area contributed by atoms with Gasteiger partial charge in [0.25, 0.3) is 0 Å². The molecule has 0 fully saturated rings. The van der Waals surface area contributed by atoms with E-state index in [4.69, 9.17) is 13.9 Å². The van der Waals surface area contributed by atoms with Crippen LogP contribution in [0.3, 0.4) is 0 Å². The predicted octanol–water partition coefficient (Wildman–Crippen LogP) is 3.61. The SMILES string of the molecule is CC(C)(C)[Si](Oc1ccc2[nH]c(=O)oc(=O)c2c1)(c1ccccc1)c1ccccc1.O=c1[nH]c2ccc(O)cc2c(=O)o1. The quantitative estimate of drug-likeness (QED) is 0.261. The number of aromatic amines is 2. The Bertz CT molecular complexity index is 2100. The molecule has 10 nitrogen and oxygen atoms in total. The van der Waals surface area contributed by atoms with Crippen LogP contribution in [0.5, 0.6) is 11.5 Å². The molecule has 218 valence electrons. The van der Waals surface area contributed by atoms with Crippen molar-refractivity contribution in [1.82, 2.24) is 9.97 Å². The van der Waals surface area contributed by atoms with Crippen LogP contribution in [0.2, 0.25) is 5.04 Å². The zero-order valence-electron chi connectivity index (χ0n) is 23.5. The monoisotopic (exact) mass is 596 g/mol. The van der Waals surface area contributed by atoms with Crippen molar-refractivity contribution in [1.29, 1.82) is 0 Å². The fourth-order valence-corrected chi connectivity index (χ4v) is 9.46. The maximum atomic E-state index is 12.2. The van der Waals surface area contributed by atoms with Crippen LogP contribution in [-0.2, 0) is 0 Å². The molecule has 0 saturated carbocycles. The van der Waals surface area contributed by atoms with Gasteiger partial charge in [0.1, 0.15) is 11.5 Å². The van der Waals surface area contributed by atoms with Gasteiger partial charge in [-0.05, 0) is 51.8 Å². The van der Waals surface area contributed by atoms with Gasteiger partial charge in [0.15, 0.2) is 0 Å². The van der Waals surface area contributed by atoms with Crippen molar-refractivity contribution in [3.8, 4) is 11.5 Å². The van der Waals surface area contributed by atoms with Crippen LogP contribution < -0.4 is 37.6 Å². The molecule has 6 rings (SSSR count). The Kier molecular flexibility index (Phi) is 7.75. The number of H-pyrrole nitrogens is 2. The van der Waals surface area contributed by atoms with Crippen LogP contribution in [0, 0.1) is 0 Å². The zero-order chi connectivity index (χ0) is 30.8. The largest absolute Gasteiger partial charge is 0.534 e. The first-order valence-corrected chi connectivity index (χ1v) is 15.2. The van der Waals surface area contributed by atoms with E-state index in [9.17, 15) is 19.2 Å². The van der Waals surface area contributed by atoms with E-state index < -0.39 is 31.1 Å². The Morgan fingerprint density at radius 3 is 1.60 bits per heavy atom. The third kappa shape index (κ3) is 5.83. The number of aromatic hydroxyl groups is 1. The number of benzene rings is 4. The lowest BCUT2D eigenvalue weighted by atomic mass is 10.2. The molecule has 0 spiro atoms. The Balaban J connectivity index is 0.000000235. The molecule has 0 radical (unpaired) electrons. The Morgan fingerprint density at radius 1 is 0.651 bits per heavy atom. The number of hydrogen-bond acceptors (Lipinski definition) is 8. The van der Waals surface area contributed by atoms with Gasteiger partial charge in [-0.15, -0.1) is 0 Å². The highest BCUT2D eigenvalue weighted by atomic mass is 28.4. The number of phenols is 1. The minimum Gasteiger partial charge on any atom is -0.534 e. The molecule has 0 aliphatic rings. The van der Waals surface area contributed by atoms with E-state index in [0.717, 1.165) is 10.4 Å². The zero-order valence-corrected chi connectivity index (χ0v) is 24.5. The van der Waals surface area contributed by atoms with Gasteiger partial charge in [-0.25, -0.2) is 19.2 Å². The van der Waals surface area contributed by atoms with Gasteiger partial charge in [-0.1, -0.05) is 81.4 Å². The first-order chi connectivity index (χ1) is 20.5. The summed E-state index contributed by atoms with van der Waals surface area (Å²) < 4.78 is 15.9. The topological polar surface area (TPSA) is 156 Å². The normalized spacial score (nSPS) is 11.6. The number of hydrogen-bond donors (Lipinski definition) is 3. The second-order valence-corrected chi connectivity index (χ2v) is 15.0. The summed E-state index contributed by atoms with van der Waals surface area (Å²) in [4.78, 5) is 50.3. The maximum Gasteiger partial charge on any atom is 0.419 e. The Hall–Kier alpha value is -5.42. The van der Waals surface area contributed by atoms with Gasteiger partial charge in [0, 0.05) is 0 Å². The number of aromatic nitrogens is 2. The smallest absolute Gasteiger partial charge is 0.419 e. The number of phenolic OH excluding ortho intramolecular Hbond substituents is 1. The first kappa shape index (κ1) is 29.1. The van der Waals surface area contributed by atoms with Gasteiger partial charge in [0.2, 0.25) is 0 Å². The summed E-state index contributed by atoms with van der Waals surface area (Å²) in [6.45, 7) is 6.56. The molecule has 0 atom stereocenters. The van der Waals surface area contributed by atoms with Gasteiger partial charge in [0.05, 0.1) is 21.8 Å². The van der Waals surface area contributed by atoms with Crippen molar-refractivity contribution >= 4 is 40.5 Å². The molecule has 0 aliphatic carbocycles. The van der Waals surface area contributed by atoms with Crippen molar-refractivity contribution in [2.75, 3.05) is 0 Å². The Labute approximate surface area is 245 Å². The molecule has 3 N–H and O–H groups in total. The van der Waals surface area contributed by atoms with Crippen LogP contribution in [0.4, 0.5) is 0 Å². The van der Waals surface area contributed by atoms with E-state index >= 15 is 0 Å². The lowest BCUT2D eigenvalue weighted by Crippen LogP contribution is -2.68. The molecule has 2 aromatic heterocycles. The molecule has 0 bridgehead atoms. The van der Waals surface area contributed by atoms with Crippen molar-refractivity contribution in [3.05, 3.63) is 139 Å². The highest BCUT2D eigenvalue weighted by Crippen LogP contribution is 2.37. The van der Waals surface area contributed by atoms with Gasteiger partial charge in [-0.2, -0.15) is 0 Å². The molecular weight excluding hydrogens is 568 g/mol. The average Bonchev–Trinajstić information content (AvgIpc) is 2.97. The number of nitrogens with one attached hydrogen (secondary N) is 2. The lowest BCUT2D eigenvalue weighted by Gasteiger charge is -2.43. The van der Waals surface area contributed by atoms with Crippen molar-refractivity contribution in [3.63, 3.8) is 0 Å². The molecule has 0 aliphatic heterocycles. The third-order valence-electron chi connectivity index (χ3n) is 6.97. The molecule has 43 heavy (non-hydrogen) atoms. The molecular formula is C32H28N2O8Si. The lowest BCUT2D eigenvalue weighted by molar-refractivity contribution is 0.457. The summed E-state index contributed by atoms with van der Waals surface area (Å²) in [6.07, 6.45) is 0. The van der Waals surface area contributed by atoms with Gasteiger partial charge >= 0.3 is 31.1 Å². The minimum atomic E-state index is -2.81. The molecule has 0 saturated heterocycles. The van der Waals surface area contributed by atoms with E-state index in [2.05, 4.69) is 59.4 Å². The molecule has 0 amide bonds. The second-order valence-electron chi connectivity index (χ2n) is 10.8. The second kappa shape index (κ2) is 11.5. The highest BCUT2D eigenvalue weighted by molar-refractivity contribution is 7.00. The molecule has 0 unspecified atom stereocenters. The molecule has 6 aromatic rings. The summed E-state index contributed by atoms with van der Waals surface area (Å²) in [6, 6.07) is 29.7.